The summed E-state index contributed by atoms with van der Waals surface area (Å²) in [6.07, 6.45) is 3.89. The fourth-order valence-electron chi connectivity index (χ4n) is 2.84. The number of aryl methyl sites for hydroxylation is 3. The molecule has 0 atom stereocenters. The number of benzene rings is 2. The second-order valence-corrected chi connectivity index (χ2v) is 7.35. The van der Waals surface area contributed by atoms with Gasteiger partial charge in [0.05, 0.1) is 12.2 Å². The molecule has 25 heavy (non-hydrogen) atoms. The maximum atomic E-state index is 4.70. The van der Waals surface area contributed by atoms with E-state index in [-0.39, 0.29) is 0 Å². The van der Waals surface area contributed by atoms with Gasteiger partial charge in [-0.15, -0.1) is 11.3 Å². The van der Waals surface area contributed by atoms with Crippen LogP contribution in [-0.4, -0.2) is 12.4 Å². The lowest BCUT2D eigenvalue weighted by molar-refractivity contribution is 1.08. The third-order valence-corrected chi connectivity index (χ3v) is 4.89. The fraction of sp³-hybridized carbons (Fsp3) is 0.182. The molecule has 3 aromatic rings. The Balaban J connectivity index is 1.68. The number of rotatable bonds is 5. The quantitative estimate of drug-likeness (QED) is 0.503. The van der Waals surface area contributed by atoms with E-state index in [1.165, 1.54) is 22.3 Å². The van der Waals surface area contributed by atoms with Crippen LogP contribution in [0.2, 0.25) is 0 Å². The molecule has 0 saturated carbocycles. The van der Waals surface area contributed by atoms with Crippen LogP contribution in [0.15, 0.2) is 64.6 Å². The van der Waals surface area contributed by atoms with Gasteiger partial charge in [0.2, 0.25) is 0 Å². The van der Waals surface area contributed by atoms with Crippen LogP contribution in [0.4, 0.5) is 5.69 Å². The average molecular weight is 346 g/mol. The predicted octanol–water partition coefficient (Wildman–Crippen LogP) is 6.04. The Morgan fingerprint density at radius 1 is 0.840 bits per heavy atom. The highest BCUT2D eigenvalue weighted by molar-refractivity contribution is 7.15. The minimum absolute atomic E-state index is 0.712. The van der Waals surface area contributed by atoms with Gasteiger partial charge in [0.1, 0.15) is 0 Å². The van der Waals surface area contributed by atoms with Crippen molar-refractivity contribution < 1.29 is 0 Å². The molecule has 0 fully saturated rings. The highest BCUT2D eigenvalue weighted by atomic mass is 32.1. The van der Waals surface area contributed by atoms with Gasteiger partial charge in [-0.1, -0.05) is 48.0 Å². The molecule has 0 spiro atoms. The van der Waals surface area contributed by atoms with E-state index in [4.69, 9.17) is 4.99 Å². The Kier molecular flexibility index (Phi) is 5.56. The minimum atomic E-state index is 0.712. The standard InChI is InChI=1S/C22H22N2S/c1-16-11-17(2)22(18(3)12-16)24-15-21-10-9-20(25-21)14-23-13-19-7-5-4-6-8-19/h4-12,14-15H,13H2,1-3H3. The zero-order valence-corrected chi connectivity index (χ0v) is 15.7. The van der Waals surface area contributed by atoms with Crippen molar-refractivity contribution in [3.63, 3.8) is 0 Å². The summed E-state index contributed by atoms with van der Waals surface area (Å²) in [6, 6.07) is 18.8. The molecule has 0 radical (unpaired) electrons. The van der Waals surface area contributed by atoms with Crippen LogP contribution in [-0.2, 0) is 6.54 Å². The molecule has 0 aliphatic heterocycles. The molecule has 0 N–H and O–H groups in total. The largest absolute Gasteiger partial charge is 0.287 e. The van der Waals surface area contributed by atoms with Crippen molar-refractivity contribution in [1.29, 1.82) is 0 Å². The third-order valence-electron chi connectivity index (χ3n) is 3.94. The molecule has 1 aromatic heterocycles. The van der Waals surface area contributed by atoms with Gasteiger partial charge >= 0.3 is 0 Å². The Morgan fingerprint density at radius 2 is 1.48 bits per heavy atom. The number of aliphatic imine (C=N–C) groups is 2. The Morgan fingerprint density at radius 3 is 2.16 bits per heavy atom. The number of thiophene rings is 1. The van der Waals surface area contributed by atoms with Crippen molar-refractivity contribution in [3.8, 4) is 0 Å². The molecule has 0 amide bonds. The molecule has 3 heteroatoms. The highest BCUT2D eigenvalue weighted by Crippen LogP contribution is 2.25. The van der Waals surface area contributed by atoms with Gasteiger partial charge in [-0.05, 0) is 49.6 Å². The van der Waals surface area contributed by atoms with Gasteiger partial charge in [0.15, 0.2) is 0 Å². The van der Waals surface area contributed by atoms with Gasteiger partial charge in [0.25, 0.3) is 0 Å². The summed E-state index contributed by atoms with van der Waals surface area (Å²) < 4.78 is 0. The Bertz CT molecular complexity index is 882. The molecule has 0 unspecified atom stereocenters. The molecule has 2 aromatic carbocycles. The topological polar surface area (TPSA) is 24.7 Å². The summed E-state index contributed by atoms with van der Waals surface area (Å²) in [6.45, 7) is 7.06. The third kappa shape index (κ3) is 4.74. The lowest BCUT2D eigenvalue weighted by Gasteiger charge is -2.05. The normalized spacial score (nSPS) is 11.6. The van der Waals surface area contributed by atoms with Crippen molar-refractivity contribution in [2.24, 2.45) is 9.98 Å². The van der Waals surface area contributed by atoms with Crippen molar-refractivity contribution in [2.45, 2.75) is 27.3 Å². The first-order chi connectivity index (χ1) is 12.1. The first kappa shape index (κ1) is 17.3. The average Bonchev–Trinajstić information content (AvgIpc) is 3.03. The SMILES string of the molecule is Cc1cc(C)c(N=Cc2ccc(C=NCc3ccccc3)s2)c(C)c1. The van der Waals surface area contributed by atoms with E-state index in [2.05, 4.69) is 62.2 Å². The molecular weight excluding hydrogens is 324 g/mol. The van der Waals surface area contributed by atoms with Gasteiger partial charge in [-0.25, -0.2) is 0 Å². The zero-order chi connectivity index (χ0) is 17.6. The predicted molar refractivity (Wildman–Crippen MR) is 110 cm³/mol. The lowest BCUT2D eigenvalue weighted by Crippen LogP contribution is -1.84. The van der Waals surface area contributed by atoms with Gasteiger partial charge < -0.3 is 0 Å². The summed E-state index contributed by atoms with van der Waals surface area (Å²) in [5.41, 5.74) is 6.01. The van der Waals surface area contributed by atoms with Crippen molar-refractivity contribution >= 4 is 29.5 Å². The van der Waals surface area contributed by atoms with E-state index in [9.17, 15) is 0 Å². The van der Waals surface area contributed by atoms with E-state index in [1.807, 2.05) is 30.6 Å². The lowest BCUT2D eigenvalue weighted by atomic mass is 10.1. The molecule has 3 rings (SSSR count). The van der Waals surface area contributed by atoms with Crippen molar-refractivity contribution in [3.05, 3.63) is 86.6 Å². The zero-order valence-electron chi connectivity index (χ0n) is 14.9. The number of hydrogen-bond donors (Lipinski definition) is 0. The van der Waals surface area contributed by atoms with Crippen LogP contribution in [0.1, 0.15) is 32.0 Å². The smallest absolute Gasteiger partial charge is 0.0688 e. The van der Waals surface area contributed by atoms with Crippen LogP contribution in [0.5, 0.6) is 0 Å². The Labute approximate surface area is 153 Å². The molecule has 126 valence electrons. The van der Waals surface area contributed by atoms with Gasteiger partial charge in [-0.2, -0.15) is 0 Å². The first-order valence-corrected chi connectivity index (χ1v) is 9.19. The van der Waals surface area contributed by atoms with E-state index < -0.39 is 0 Å². The van der Waals surface area contributed by atoms with Crippen LogP contribution in [0.3, 0.4) is 0 Å². The van der Waals surface area contributed by atoms with Crippen molar-refractivity contribution in [2.75, 3.05) is 0 Å². The van der Waals surface area contributed by atoms with E-state index in [1.54, 1.807) is 11.3 Å². The van der Waals surface area contributed by atoms with Gasteiger partial charge in [0, 0.05) is 22.2 Å². The number of hydrogen-bond acceptors (Lipinski definition) is 3. The van der Waals surface area contributed by atoms with E-state index >= 15 is 0 Å². The summed E-state index contributed by atoms with van der Waals surface area (Å²) in [5.74, 6) is 0. The summed E-state index contributed by atoms with van der Waals surface area (Å²) in [4.78, 5) is 11.5. The van der Waals surface area contributed by atoms with Crippen LogP contribution < -0.4 is 0 Å². The summed E-state index contributed by atoms with van der Waals surface area (Å²) >= 11 is 1.70. The van der Waals surface area contributed by atoms with Crippen LogP contribution in [0.25, 0.3) is 0 Å². The molecule has 0 bridgehead atoms. The highest BCUT2D eigenvalue weighted by Gasteiger charge is 2.02. The first-order valence-electron chi connectivity index (χ1n) is 8.37. The summed E-state index contributed by atoms with van der Waals surface area (Å²) in [7, 11) is 0. The van der Waals surface area contributed by atoms with Crippen molar-refractivity contribution in [1.82, 2.24) is 0 Å². The number of nitrogens with zero attached hydrogens (tertiary/aromatic N) is 2. The van der Waals surface area contributed by atoms with Crippen LogP contribution in [0, 0.1) is 20.8 Å². The molecule has 2 nitrogen and oxygen atoms in total. The second-order valence-electron chi connectivity index (χ2n) is 6.20. The molecule has 1 heterocycles. The molecular formula is C22H22N2S. The maximum absolute atomic E-state index is 4.70. The molecule has 0 aliphatic carbocycles. The minimum Gasteiger partial charge on any atom is -0.287 e. The molecule has 0 aliphatic rings. The second kappa shape index (κ2) is 8.04. The monoisotopic (exact) mass is 346 g/mol. The fourth-order valence-corrected chi connectivity index (χ4v) is 3.61. The van der Waals surface area contributed by atoms with Gasteiger partial charge in [-0.3, -0.25) is 9.98 Å². The maximum Gasteiger partial charge on any atom is 0.0688 e. The van der Waals surface area contributed by atoms with E-state index in [0.717, 1.165) is 15.4 Å². The van der Waals surface area contributed by atoms with E-state index in [0.29, 0.717) is 6.54 Å². The van der Waals surface area contributed by atoms with Crippen LogP contribution >= 0.6 is 11.3 Å². The summed E-state index contributed by atoms with van der Waals surface area (Å²) in [5, 5.41) is 0. The Hall–Kier alpha value is -2.52. The molecule has 0 saturated heterocycles.